The molecule has 24 heavy (non-hydrogen) atoms. The van der Waals surface area contributed by atoms with E-state index in [0.29, 0.717) is 0 Å². The second-order valence-electron chi connectivity index (χ2n) is 6.12. The number of aliphatic hydroxyl groups excluding tert-OH is 1. The van der Waals surface area contributed by atoms with Crippen LogP contribution in [0.3, 0.4) is 0 Å². The molecule has 0 spiro atoms. The summed E-state index contributed by atoms with van der Waals surface area (Å²) in [6.07, 6.45) is 0.775. The summed E-state index contributed by atoms with van der Waals surface area (Å²) in [5.41, 5.74) is 2.17. The summed E-state index contributed by atoms with van der Waals surface area (Å²) in [4.78, 5) is 0.109. The lowest BCUT2D eigenvalue weighted by molar-refractivity contribution is 0.0629. The van der Waals surface area contributed by atoms with Crippen LogP contribution in [0.2, 0.25) is 0 Å². The quantitative estimate of drug-likeness (QED) is 0.743. The molecule has 2 rings (SSSR count). The van der Waals surface area contributed by atoms with Crippen LogP contribution in [-0.2, 0) is 20.7 Å². The van der Waals surface area contributed by atoms with Crippen LogP contribution in [0.1, 0.15) is 24.5 Å². The molecule has 2 atom stereocenters. The second-order valence-corrected chi connectivity index (χ2v) is 7.74. The summed E-state index contributed by atoms with van der Waals surface area (Å²) < 4.78 is 29.2. The van der Waals surface area contributed by atoms with E-state index in [9.17, 15) is 13.5 Å². The first-order valence-corrected chi connectivity index (χ1v) is 9.47. The maximum Gasteiger partial charge on any atom is 0.297 e. The molecule has 0 amide bonds. The van der Waals surface area contributed by atoms with Crippen molar-refractivity contribution < 1.29 is 17.7 Å². The van der Waals surface area contributed by atoms with Gasteiger partial charge < -0.3 is 5.11 Å². The van der Waals surface area contributed by atoms with Crippen LogP contribution >= 0.6 is 0 Å². The van der Waals surface area contributed by atoms with E-state index in [1.165, 1.54) is 17.7 Å². The molecule has 0 aliphatic heterocycles. The fourth-order valence-electron chi connectivity index (χ4n) is 2.33. The van der Waals surface area contributed by atoms with Crippen molar-refractivity contribution in [2.45, 2.75) is 37.7 Å². The summed E-state index contributed by atoms with van der Waals surface area (Å²) in [5.74, 6) is -0.0570. The van der Waals surface area contributed by atoms with E-state index in [0.717, 1.165) is 18.4 Å². The molecule has 0 fully saturated rings. The Hall–Kier alpha value is -1.69. The minimum atomic E-state index is -3.83. The number of benzene rings is 2. The van der Waals surface area contributed by atoms with Crippen LogP contribution in [0.25, 0.3) is 0 Å². The van der Waals surface area contributed by atoms with Gasteiger partial charge in [0, 0.05) is 0 Å². The van der Waals surface area contributed by atoms with Gasteiger partial charge >= 0.3 is 0 Å². The van der Waals surface area contributed by atoms with Crippen LogP contribution in [-0.4, -0.2) is 26.2 Å². The Balaban J connectivity index is 1.85. The Bertz CT molecular complexity index is 724. The summed E-state index contributed by atoms with van der Waals surface area (Å²) in [6.45, 7) is 3.55. The molecule has 2 aromatic carbocycles. The van der Waals surface area contributed by atoms with Gasteiger partial charge in [0.1, 0.15) is 0 Å². The third kappa shape index (κ3) is 5.44. The highest BCUT2D eigenvalue weighted by Gasteiger charge is 2.20. The predicted octanol–water partition coefficient (Wildman–Crippen LogP) is 3.33. The fraction of sp³-hybridized carbons (Fsp3) is 0.368. The summed E-state index contributed by atoms with van der Waals surface area (Å²) in [5, 5.41) is 10.2. The van der Waals surface area contributed by atoms with Crippen molar-refractivity contribution in [3.05, 3.63) is 65.7 Å². The first-order valence-electron chi connectivity index (χ1n) is 8.06. The van der Waals surface area contributed by atoms with Gasteiger partial charge in [0.2, 0.25) is 0 Å². The van der Waals surface area contributed by atoms with Crippen LogP contribution in [0.4, 0.5) is 0 Å². The molecule has 2 aromatic rings. The SMILES string of the molecule is Cc1ccc(S(=O)(=O)OCC(O)C(C)CCc2ccccc2)cc1. The molecule has 0 saturated heterocycles. The Morgan fingerprint density at radius 3 is 2.29 bits per heavy atom. The van der Waals surface area contributed by atoms with Crippen molar-refractivity contribution in [1.29, 1.82) is 0 Å². The molecule has 0 bridgehead atoms. The molecular formula is C19H24O4S. The predicted molar refractivity (Wildman–Crippen MR) is 94.3 cm³/mol. The Labute approximate surface area is 144 Å². The molecule has 2 unspecified atom stereocenters. The number of hydrogen-bond acceptors (Lipinski definition) is 4. The fourth-order valence-corrected chi connectivity index (χ4v) is 3.25. The second kappa shape index (κ2) is 8.42. The molecule has 0 aromatic heterocycles. The van der Waals surface area contributed by atoms with Crippen molar-refractivity contribution in [2.24, 2.45) is 5.92 Å². The monoisotopic (exact) mass is 348 g/mol. The van der Waals surface area contributed by atoms with E-state index in [4.69, 9.17) is 4.18 Å². The maximum absolute atomic E-state index is 12.1. The van der Waals surface area contributed by atoms with Gasteiger partial charge in [-0.15, -0.1) is 0 Å². The Morgan fingerprint density at radius 2 is 1.67 bits per heavy atom. The lowest BCUT2D eigenvalue weighted by Gasteiger charge is -2.18. The van der Waals surface area contributed by atoms with E-state index < -0.39 is 16.2 Å². The molecule has 0 heterocycles. The average molecular weight is 348 g/mol. The van der Waals surface area contributed by atoms with Crippen LogP contribution in [0.5, 0.6) is 0 Å². The molecule has 130 valence electrons. The van der Waals surface area contributed by atoms with Gasteiger partial charge in [-0.1, -0.05) is 55.0 Å². The zero-order chi connectivity index (χ0) is 17.6. The summed E-state index contributed by atoms with van der Waals surface area (Å²) >= 11 is 0. The Morgan fingerprint density at radius 1 is 1.04 bits per heavy atom. The summed E-state index contributed by atoms with van der Waals surface area (Å²) in [6, 6.07) is 16.5. The van der Waals surface area contributed by atoms with E-state index in [-0.39, 0.29) is 17.4 Å². The van der Waals surface area contributed by atoms with Gasteiger partial charge in [0.05, 0.1) is 17.6 Å². The van der Waals surface area contributed by atoms with Crippen molar-refractivity contribution in [3.63, 3.8) is 0 Å². The maximum atomic E-state index is 12.1. The minimum absolute atomic E-state index is 0.0570. The normalized spacial score (nSPS) is 14.3. The van der Waals surface area contributed by atoms with Crippen molar-refractivity contribution in [1.82, 2.24) is 0 Å². The molecule has 1 N–H and O–H groups in total. The largest absolute Gasteiger partial charge is 0.390 e. The number of rotatable bonds is 8. The zero-order valence-electron chi connectivity index (χ0n) is 14.1. The van der Waals surface area contributed by atoms with Gasteiger partial charge in [-0.25, -0.2) is 0 Å². The van der Waals surface area contributed by atoms with Gasteiger partial charge in [0.15, 0.2) is 0 Å². The Kier molecular flexibility index (Phi) is 6.54. The van der Waals surface area contributed by atoms with Crippen molar-refractivity contribution in [2.75, 3.05) is 6.61 Å². The number of hydrogen-bond donors (Lipinski definition) is 1. The lowest BCUT2D eigenvalue weighted by Crippen LogP contribution is -2.26. The lowest BCUT2D eigenvalue weighted by atomic mass is 9.96. The average Bonchev–Trinajstić information content (AvgIpc) is 2.59. The topological polar surface area (TPSA) is 63.6 Å². The van der Waals surface area contributed by atoms with E-state index in [2.05, 4.69) is 0 Å². The highest BCUT2D eigenvalue weighted by atomic mass is 32.2. The summed E-state index contributed by atoms with van der Waals surface area (Å²) in [7, 11) is -3.83. The molecule has 0 aliphatic rings. The highest BCUT2D eigenvalue weighted by Crippen LogP contribution is 2.17. The standard InChI is InChI=1S/C19H24O4S/c1-15-8-12-18(13-9-15)24(21,22)23-14-19(20)16(2)10-11-17-6-4-3-5-7-17/h3-9,12-13,16,19-20H,10-11,14H2,1-2H3. The van der Waals surface area contributed by atoms with Crippen LogP contribution in [0.15, 0.2) is 59.5 Å². The number of aryl methyl sites for hydroxylation is 2. The minimum Gasteiger partial charge on any atom is -0.390 e. The first-order chi connectivity index (χ1) is 11.4. The van der Waals surface area contributed by atoms with Crippen LogP contribution < -0.4 is 0 Å². The zero-order valence-corrected chi connectivity index (χ0v) is 14.9. The van der Waals surface area contributed by atoms with Gasteiger partial charge in [0.25, 0.3) is 10.1 Å². The smallest absolute Gasteiger partial charge is 0.297 e. The highest BCUT2D eigenvalue weighted by molar-refractivity contribution is 7.86. The van der Waals surface area contributed by atoms with Gasteiger partial charge in [-0.3, -0.25) is 4.18 Å². The molecule has 5 heteroatoms. The van der Waals surface area contributed by atoms with Crippen molar-refractivity contribution in [3.8, 4) is 0 Å². The van der Waals surface area contributed by atoms with E-state index in [1.54, 1.807) is 12.1 Å². The van der Waals surface area contributed by atoms with E-state index in [1.807, 2.05) is 44.2 Å². The van der Waals surface area contributed by atoms with E-state index >= 15 is 0 Å². The molecular weight excluding hydrogens is 324 g/mol. The molecule has 0 radical (unpaired) electrons. The molecule has 0 saturated carbocycles. The van der Waals surface area contributed by atoms with Gasteiger partial charge in [-0.2, -0.15) is 8.42 Å². The van der Waals surface area contributed by atoms with Crippen molar-refractivity contribution >= 4 is 10.1 Å². The third-order valence-corrected chi connectivity index (χ3v) is 5.39. The first kappa shape index (κ1) is 18.6. The third-order valence-electron chi connectivity index (χ3n) is 4.09. The number of aliphatic hydroxyl groups is 1. The van der Waals surface area contributed by atoms with Crippen LogP contribution in [0, 0.1) is 12.8 Å². The molecule has 4 nitrogen and oxygen atoms in total. The molecule has 0 aliphatic carbocycles. The van der Waals surface area contributed by atoms with Gasteiger partial charge in [-0.05, 0) is 43.4 Å².